The molecule has 1 aliphatic heterocycles. The summed E-state index contributed by atoms with van der Waals surface area (Å²) in [6, 6.07) is 12.3. The smallest absolute Gasteiger partial charge is 0.164 e. The lowest BCUT2D eigenvalue weighted by Crippen LogP contribution is -2.63. The molecule has 0 aromatic carbocycles. The number of nitrogens with one attached hydrogen (secondary N) is 2. The Balaban J connectivity index is 0.00000106. The fourth-order valence-electron chi connectivity index (χ4n) is 4.92. The minimum absolute atomic E-state index is 0.495. The van der Waals surface area contributed by atoms with E-state index in [0.29, 0.717) is 11.5 Å². The van der Waals surface area contributed by atoms with Crippen molar-refractivity contribution in [3.8, 4) is 22.6 Å². The van der Waals surface area contributed by atoms with Crippen molar-refractivity contribution < 1.29 is 0 Å². The molecule has 1 saturated carbocycles. The van der Waals surface area contributed by atoms with E-state index in [1.807, 2.05) is 67.2 Å². The van der Waals surface area contributed by atoms with Gasteiger partial charge in [0, 0.05) is 31.5 Å². The molecule has 1 spiro atoms. The normalized spacial score (nSPS) is 16.6. The number of imidazole rings is 1. The van der Waals surface area contributed by atoms with Gasteiger partial charge >= 0.3 is 0 Å². The van der Waals surface area contributed by atoms with Crippen molar-refractivity contribution in [2.45, 2.75) is 32.7 Å². The first-order valence-electron chi connectivity index (χ1n) is 11.8. The highest BCUT2D eigenvalue weighted by Gasteiger charge is 2.48. The molecule has 0 atom stereocenters. The number of fused-ring (bicyclic) bond motifs is 2. The van der Waals surface area contributed by atoms with Crippen LogP contribution in [-0.2, 0) is 0 Å². The van der Waals surface area contributed by atoms with Gasteiger partial charge in [0.05, 0.1) is 29.3 Å². The molecular formula is C25H27N9. The SMILES string of the molecule is CC.c1cc(NC2CC3(CNC3)C2)nc(-c2cnc3ccc(-c4cnn5cccnc45)nn23)c1. The number of rotatable bonds is 4. The summed E-state index contributed by atoms with van der Waals surface area (Å²) in [6.45, 7) is 6.30. The molecule has 9 nitrogen and oxygen atoms in total. The van der Waals surface area contributed by atoms with Gasteiger partial charge in [-0.05, 0) is 48.6 Å². The molecule has 1 aliphatic carbocycles. The fourth-order valence-corrected chi connectivity index (χ4v) is 4.92. The Labute approximate surface area is 197 Å². The highest BCUT2D eigenvalue weighted by atomic mass is 15.3. The highest BCUT2D eigenvalue weighted by Crippen LogP contribution is 2.45. The molecule has 0 bridgehead atoms. The van der Waals surface area contributed by atoms with Crippen molar-refractivity contribution in [3.05, 3.63) is 61.2 Å². The fraction of sp³-hybridized carbons (Fsp3) is 0.320. The maximum atomic E-state index is 4.86. The molecule has 0 radical (unpaired) electrons. The van der Waals surface area contributed by atoms with Gasteiger partial charge in [0.15, 0.2) is 11.3 Å². The third-order valence-electron chi connectivity index (χ3n) is 6.64. The molecule has 9 heteroatoms. The van der Waals surface area contributed by atoms with Crippen LogP contribution in [0.25, 0.3) is 33.9 Å². The van der Waals surface area contributed by atoms with E-state index >= 15 is 0 Å². The van der Waals surface area contributed by atoms with Gasteiger partial charge in [-0.25, -0.2) is 24.0 Å². The molecular weight excluding hydrogens is 426 g/mol. The average Bonchev–Trinajstić information content (AvgIpc) is 3.45. The number of pyridine rings is 1. The maximum absolute atomic E-state index is 4.86. The quantitative estimate of drug-likeness (QED) is 0.428. The molecule has 2 N–H and O–H groups in total. The van der Waals surface area contributed by atoms with Crippen LogP contribution in [0.4, 0.5) is 5.82 Å². The van der Waals surface area contributed by atoms with Crippen LogP contribution in [0.1, 0.15) is 26.7 Å². The third kappa shape index (κ3) is 3.40. The molecule has 0 unspecified atom stereocenters. The number of anilines is 1. The summed E-state index contributed by atoms with van der Waals surface area (Å²) >= 11 is 0. The topological polar surface area (TPSA) is 97.3 Å². The maximum Gasteiger partial charge on any atom is 0.164 e. The van der Waals surface area contributed by atoms with Gasteiger partial charge in [-0.3, -0.25) is 0 Å². The molecule has 6 heterocycles. The van der Waals surface area contributed by atoms with Gasteiger partial charge in [0.25, 0.3) is 0 Å². The van der Waals surface area contributed by atoms with Crippen LogP contribution >= 0.6 is 0 Å². The van der Waals surface area contributed by atoms with Crippen molar-refractivity contribution >= 4 is 17.1 Å². The second kappa shape index (κ2) is 8.18. The van der Waals surface area contributed by atoms with Crippen LogP contribution in [0.2, 0.25) is 0 Å². The zero-order valence-electron chi connectivity index (χ0n) is 19.3. The Hall–Kier alpha value is -3.85. The molecule has 172 valence electrons. The van der Waals surface area contributed by atoms with Crippen molar-refractivity contribution in [1.82, 2.24) is 39.5 Å². The molecule has 5 aromatic rings. The van der Waals surface area contributed by atoms with Crippen molar-refractivity contribution in [2.75, 3.05) is 18.4 Å². The van der Waals surface area contributed by atoms with E-state index in [2.05, 4.69) is 25.7 Å². The number of hydrogen-bond donors (Lipinski definition) is 2. The summed E-state index contributed by atoms with van der Waals surface area (Å²) in [4.78, 5) is 13.8. The second-order valence-electron chi connectivity index (χ2n) is 8.84. The average molecular weight is 454 g/mol. The van der Waals surface area contributed by atoms with Gasteiger partial charge in [-0.15, -0.1) is 0 Å². The first kappa shape index (κ1) is 20.7. The summed E-state index contributed by atoms with van der Waals surface area (Å²) in [6.07, 6.45) is 9.67. The van der Waals surface area contributed by atoms with Crippen LogP contribution in [0, 0.1) is 5.41 Å². The second-order valence-corrected chi connectivity index (χ2v) is 8.84. The summed E-state index contributed by atoms with van der Waals surface area (Å²) in [5, 5.41) is 16.2. The molecule has 2 fully saturated rings. The molecule has 2 aliphatic rings. The predicted molar refractivity (Wildman–Crippen MR) is 131 cm³/mol. The van der Waals surface area contributed by atoms with Gasteiger partial charge in [-0.1, -0.05) is 19.9 Å². The number of nitrogens with zero attached hydrogens (tertiary/aromatic N) is 7. The Morgan fingerprint density at radius 1 is 1.00 bits per heavy atom. The third-order valence-corrected chi connectivity index (χ3v) is 6.64. The zero-order chi connectivity index (χ0) is 23.1. The minimum Gasteiger partial charge on any atom is -0.367 e. The summed E-state index contributed by atoms with van der Waals surface area (Å²) in [5.74, 6) is 0.896. The summed E-state index contributed by atoms with van der Waals surface area (Å²) in [7, 11) is 0. The van der Waals surface area contributed by atoms with E-state index in [1.54, 1.807) is 16.9 Å². The largest absolute Gasteiger partial charge is 0.367 e. The van der Waals surface area contributed by atoms with E-state index in [0.717, 1.165) is 52.8 Å². The zero-order valence-corrected chi connectivity index (χ0v) is 19.3. The molecule has 7 rings (SSSR count). The standard InChI is InChI=1S/C23H21N9.C2H6/c1-3-18(29-20(4-1)28-15-9-23(10-15)13-24-14-23)19-12-26-21-6-5-17(30-32(19)21)16-11-27-31-8-2-7-25-22(16)31;1-2/h1-8,11-12,15,24H,9-10,13-14H2,(H,28,29);1-2H3. The van der Waals surface area contributed by atoms with E-state index in [-0.39, 0.29) is 0 Å². The van der Waals surface area contributed by atoms with Crippen LogP contribution in [0.3, 0.4) is 0 Å². The van der Waals surface area contributed by atoms with Gasteiger partial charge in [0.2, 0.25) is 0 Å². The van der Waals surface area contributed by atoms with E-state index < -0.39 is 0 Å². The number of aromatic nitrogens is 7. The predicted octanol–water partition coefficient (Wildman–Crippen LogP) is 3.69. The van der Waals surface area contributed by atoms with Gasteiger partial charge in [-0.2, -0.15) is 10.2 Å². The van der Waals surface area contributed by atoms with Crippen LogP contribution in [-0.4, -0.2) is 53.3 Å². The molecule has 5 aromatic heterocycles. The number of hydrogen-bond acceptors (Lipinski definition) is 7. The lowest BCUT2D eigenvalue weighted by molar-refractivity contribution is 0.0469. The monoisotopic (exact) mass is 453 g/mol. The van der Waals surface area contributed by atoms with E-state index in [4.69, 9.17) is 10.1 Å². The lowest BCUT2D eigenvalue weighted by Gasteiger charge is -2.54. The van der Waals surface area contributed by atoms with Crippen molar-refractivity contribution in [2.24, 2.45) is 5.41 Å². The van der Waals surface area contributed by atoms with Gasteiger partial charge in [0.1, 0.15) is 11.5 Å². The van der Waals surface area contributed by atoms with Gasteiger partial charge < -0.3 is 10.6 Å². The van der Waals surface area contributed by atoms with Crippen molar-refractivity contribution in [3.63, 3.8) is 0 Å². The van der Waals surface area contributed by atoms with E-state index in [9.17, 15) is 0 Å². The highest BCUT2D eigenvalue weighted by molar-refractivity contribution is 5.75. The van der Waals surface area contributed by atoms with Crippen LogP contribution in [0.5, 0.6) is 0 Å². The Morgan fingerprint density at radius 2 is 1.88 bits per heavy atom. The lowest BCUT2D eigenvalue weighted by atomic mass is 9.62. The molecule has 34 heavy (non-hydrogen) atoms. The molecule has 1 saturated heterocycles. The summed E-state index contributed by atoms with van der Waals surface area (Å²) < 4.78 is 3.59. The van der Waals surface area contributed by atoms with Crippen LogP contribution < -0.4 is 10.6 Å². The Morgan fingerprint density at radius 3 is 2.71 bits per heavy atom. The van der Waals surface area contributed by atoms with E-state index in [1.165, 1.54) is 12.8 Å². The first-order valence-corrected chi connectivity index (χ1v) is 11.8. The summed E-state index contributed by atoms with van der Waals surface area (Å²) in [5.41, 5.74) is 5.42. The minimum atomic E-state index is 0.495. The van der Waals surface area contributed by atoms with Crippen LogP contribution in [0.15, 0.2) is 61.2 Å². The molecule has 0 amide bonds. The Kier molecular flexibility index (Phi) is 4.99. The Bertz CT molecular complexity index is 1460. The first-order chi connectivity index (χ1) is 16.8. The van der Waals surface area contributed by atoms with Crippen molar-refractivity contribution in [1.29, 1.82) is 0 Å².